The Morgan fingerprint density at radius 2 is 1.69 bits per heavy atom. The predicted molar refractivity (Wildman–Crippen MR) is 65.3 cm³/mol. The summed E-state index contributed by atoms with van der Waals surface area (Å²) in [6.07, 6.45) is 4.83. The molecule has 16 heavy (non-hydrogen) atoms. The van der Waals surface area contributed by atoms with Gasteiger partial charge in [-0.1, -0.05) is 39.5 Å². The average molecular weight is 234 g/mol. The Kier molecular flexibility index (Phi) is 11.2. The predicted octanol–water partition coefficient (Wildman–Crippen LogP) is 3.33. The van der Waals surface area contributed by atoms with Crippen LogP contribution in [0, 0.1) is 5.92 Å². The second-order valence-corrected chi connectivity index (χ2v) is 4.81. The van der Waals surface area contributed by atoms with Crippen LogP contribution in [0.1, 0.15) is 52.4 Å². The topological polar surface area (TPSA) is 29.5 Å². The number of unbranched alkanes of at least 4 members (excludes halogenated alkanes) is 4. The van der Waals surface area contributed by atoms with Gasteiger partial charge in [0.2, 0.25) is 0 Å². The van der Waals surface area contributed by atoms with Crippen LogP contribution in [0.5, 0.6) is 0 Å². The van der Waals surface area contributed by atoms with Gasteiger partial charge in [0, 0.05) is 13.2 Å². The minimum absolute atomic E-state index is 0.330. The minimum Gasteiger partial charge on any atom is -0.393 e. The van der Waals surface area contributed by atoms with Crippen LogP contribution in [0.2, 0.25) is 0 Å². The van der Waals surface area contributed by atoms with Crippen LogP contribution in [0.4, 0.5) is 4.39 Å². The summed E-state index contributed by atoms with van der Waals surface area (Å²) in [6.45, 7) is 5.66. The fraction of sp³-hybridized carbons (Fsp3) is 1.00. The lowest BCUT2D eigenvalue weighted by atomic mass is 10.1. The molecule has 0 rings (SSSR count). The third-order valence-electron chi connectivity index (χ3n) is 2.46. The summed E-state index contributed by atoms with van der Waals surface area (Å²) in [6, 6.07) is 0. The highest BCUT2D eigenvalue weighted by atomic mass is 19.1. The summed E-state index contributed by atoms with van der Waals surface area (Å²) in [5.41, 5.74) is 0. The first-order valence-corrected chi connectivity index (χ1v) is 6.49. The number of hydrogen-bond donors (Lipinski definition) is 1. The van der Waals surface area contributed by atoms with E-state index in [-0.39, 0.29) is 6.61 Å². The Hall–Kier alpha value is -0.150. The van der Waals surface area contributed by atoms with Gasteiger partial charge in [0.1, 0.15) is 6.17 Å². The van der Waals surface area contributed by atoms with E-state index < -0.39 is 6.17 Å². The molecule has 98 valence electrons. The Bertz CT molecular complexity index is 140. The van der Waals surface area contributed by atoms with Crippen molar-refractivity contribution >= 4 is 0 Å². The quantitative estimate of drug-likeness (QED) is 0.556. The van der Waals surface area contributed by atoms with Gasteiger partial charge < -0.3 is 9.84 Å². The van der Waals surface area contributed by atoms with E-state index in [1.807, 2.05) is 0 Å². The molecule has 0 aliphatic rings. The maximum Gasteiger partial charge on any atom is 0.123 e. The Balaban J connectivity index is 2.99. The molecular weight excluding hydrogens is 207 g/mol. The van der Waals surface area contributed by atoms with Crippen molar-refractivity contribution in [2.45, 2.75) is 58.5 Å². The molecule has 2 nitrogen and oxygen atoms in total. The van der Waals surface area contributed by atoms with Crippen LogP contribution in [0.25, 0.3) is 0 Å². The minimum atomic E-state index is -1.02. The molecule has 0 heterocycles. The lowest BCUT2D eigenvalue weighted by Crippen LogP contribution is -2.05. The average Bonchev–Trinajstić information content (AvgIpc) is 2.26. The van der Waals surface area contributed by atoms with Gasteiger partial charge in [-0.15, -0.1) is 0 Å². The number of hydrogen-bond acceptors (Lipinski definition) is 2. The highest BCUT2D eigenvalue weighted by Crippen LogP contribution is 2.09. The van der Waals surface area contributed by atoms with E-state index in [0.717, 1.165) is 45.3 Å². The summed E-state index contributed by atoms with van der Waals surface area (Å²) in [7, 11) is 0. The van der Waals surface area contributed by atoms with Crippen molar-refractivity contribution in [3.05, 3.63) is 0 Å². The fourth-order valence-corrected chi connectivity index (χ4v) is 1.51. The van der Waals surface area contributed by atoms with Crippen molar-refractivity contribution in [3.63, 3.8) is 0 Å². The van der Waals surface area contributed by atoms with Gasteiger partial charge in [0.25, 0.3) is 0 Å². The zero-order valence-electron chi connectivity index (χ0n) is 10.8. The number of halogens is 1. The number of rotatable bonds is 11. The zero-order chi connectivity index (χ0) is 12.2. The normalized spacial score (nSPS) is 13.3. The van der Waals surface area contributed by atoms with E-state index in [2.05, 4.69) is 13.8 Å². The molecule has 1 N–H and O–H groups in total. The fourth-order valence-electron chi connectivity index (χ4n) is 1.51. The highest BCUT2D eigenvalue weighted by molar-refractivity contribution is 4.54. The van der Waals surface area contributed by atoms with Crippen molar-refractivity contribution in [1.29, 1.82) is 0 Å². The lowest BCUT2D eigenvalue weighted by molar-refractivity contribution is 0.106. The first kappa shape index (κ1) is 15.9. The van der Waals surface area contributed by atoms with Crippen molar-refractivity contribution in [2.75, 3.05) is 19.8 Å². The number of aliphatic hydroxyl groups is 1. The van der Waals surface area contributed by atoms with Gasteiger partial charge in [-0.05, 0) is 18.8 Å². The molecule has 0 aromatic rings. The van der Waals surface area contributed by atoms with Gasteiger partial charge in [-0.25, -0.2) is 4.39 Å². The third kappa shape index (κ3) is 11.9. The second kappa shape index (κ2) is 11.3. The number of alkyl halides is 1. The first-order valence-electron chi connectivity index (χ1n) is 6.49. The molecule has 0 bridgehead atoms. The van der Waals surface area contributed by atoms with Crippen molar-refractivity contribution in [3.8, 4) is 0 Å². The van der Waals surface area contributed by atoms with Gasteiger partial charge in [-0.3, -0.25) is 0 Å². The highest BCUT2D eigenvalue weighted by Gasteiger charge is 2.02. The van der Waals surface area contributed by atoms with Crippen LogP contribution in [0.15, 0.2) is 0 Å². The SMILES string of the molecule is CC(C)COCCCCCCCC(F)CO. The van der Waals surface area contributed by atoms with E-state index in [1.165, 1.54) is 0 Å². The van der Waals surface area contributed by atoms with Gasteiger partial charge >= 0.3 is 0 Å². The molecule has 0 aromatic carbocycles. The third-order valence-corrected chi connectivity index (χ3v) is 2.46. The maximum atomic E-state index is 12.6. The molecule has 0 spiro atoms. The summed E-state index contributed by atoms with van der Waals surface area (Å²) in [5.74, 6) is 0.611. The number of ether oxygens (including phenoxy) is 1. The van der Waals surface area contributed by atoms with Crippen molar-refractivity contribution in [1.82, 2.24) is 0 Å². The van der Waals surface area contributed by atoms with Crippen LogP contribution < -0.4 is 0 Å². The van der Waals surface area contributed by atoms with E-state index in [0.29, 0.717) is 12.3 Å². The van der Waals surface area contributed by atoms with Gasteiger partial charge in [0.15, 0.2) is 0 Å². The van der Waals surface area contributed by atoms with Gasteiger partial charge in [-0.2, -0.15) is 0 Å². The van der Waals surface area contributed by atoms with E-state index >= 15 is 0 Å². The monoisotopic (exact) mass is 234 g/mol. The Labute approximate surface area is 99.2 Å². The summed E-state index contributed by atoms with van der Waals surface area (Å²) in [5, 5.41) is 8.49. The first-order chi connectivity index (χ1) is 7.66. The van der Waals surface area contributed by atoms with Gasteiger partial charge in [0.05, 0.1) is 6.61 Å². The molecule has 0 aromatic heterocycles. The second-order valence-electron chi connectivity index (χ2n) is 4.81. The molecule has 0 saturated carbocycles. The van der Waals surface area contributed by atoms with E-state index in [4.69, 9.17) is 9.84 Å². The van der Waals surface area contributed by atoms with Crippen LogP contribution in [-0.4, -0.2) is 31.1 Å². The molecule has 0 radical (unpaired) electrons. The largest absolute Gasteiger partial charge is 0.393 e. The van der Waals surface area contributed by atoms with Crippen LogP contribution in [-0.2, 0) is 4.74 Å². The standard InChI is InChI=1S/C13H27FO2/c1-12(2)11-16-9-7-5-3-4-6-8-13(14)10-15/h12-13,15H,3-11H2,1-2H3. The molecular formula is C13H27FO2. The maximum absolute atomic E-state index is 12.6. The lowest BCUT2D eigenvalue weighted by Gasteiger charge is -2.07. The molecule has 3 heteroatoms. The summed E-state index contributed by atoms with van der Waals surface area (Å²) in [4.78, 5) is 0. The molecule has 0 amide bonds. The van der Waals surface area contributed by atoms with Crippen LogP contribution in [0.3, 0.4) is 0 Å². The Morgan fingerprint density at radius 1 is 1.06 bits per heavy atom. The van der Waals surface area contributed by atoms with E-state index in [1.54, 1.807) is 0 Å². The molecule has 0 saturated heterocycles. The van der Waals surface area contributed by atoms with Crippen LogP contribution >= 0.6 is 0 Å². The number of aliphatic hydroxyl groups excluding tert-OH is 1. The summed E-state index contributed by atoms with van der Waals surface area (Å²) < 4.78 is 18.1. The molecule has 0 aliphatic carbocycles. The van der Waals surface area contributed by atoms with Crippen molar-refractivity contribution < 1.29 is 14.2 Å². The molecule has 0 aliphatic heterocycles. The zero-order valence-corrected chi connectivity index (χ0v) is 10.8. The molecule has 1 unspecified atom stereocenters. The van der Waals surface area contributed by atoms with Crippen molar-refractivity contribution in [2.24, 2.45) is 5.92 Å². The molecule has 1 atom stereocenters. The van der Waals surface area contributed by atoms with E-state index in [9.17, 15) is 4.39 Å². The summed E-state index contributed by atoms with van der Waals surface area (Å²) >= 11 is 0. The smallest absolute Gasteiger partial charge is 0.123 e. The molecule has 0 fully saturated rings. The Morgan fingerprint density at radius 3 is 2.31 bits per heavy atom.